The molecule has 2 aromatic rings. The van der Waals surface area contributed by atoms with Gasteiger partial charge in [-0.15, -0.1) is 0 Å². The van der Waals surface area contributed by atoms with Gasteiger partial charge in [0.2, 0.25) is 0 Å². The van der Waals surface area contributed by atoms with Crippen molar-refractivity contribution in [3.63, 3.8) is 0 Å². The summed E-state index contributed by atoms with van der Waals surface area (Å²) in [4.78, 5) is 25.3. The largest absolute Gasteiger partial charge is 0.482 e. The summed E-state index contributed by atoms with van der Waals surface area (Å²) in [7, 11) is -1.84. The van der Waals surface area contributed by atoms with E-state index < -0.39 is 22.1 Å². The van der Waals surface area contributed by atoms with Crippen molar-refractivity contribution in [3.8, 4) is 11.5 Å². The number of halogens is 2. The van der Waals surface area contributed by atoms with E-state index in [2.05, 4.69) is 0 Å². The third-order valence-electron chi connectivity index (χ3n) is 3.81. The quantitative estimate of drug-likeness (QED) is 0.310. The molecule has 0 radical (unpaired) electrons. The second-order valence-corrected chi connectivity index (χ2v) is 9.30. The maximum atomic E-state index is 11.7. The van der Waals surface area contributed by atoms with Gasteiger partial charge in [-0.3, -0.25) is 9.45 Å². The van der Waals surface area contributed by atoms with E-state index >= 15 is 0 Å². The lowest BCUT2D eigenvalue weighted by Gasteiger charge is -2.16. The number of likely N-dealkylation sites (N-methyl/N-ethyl adjacent to an activating group) is 1. The van der Waals surface area contributed by atoms with Crippen LogP contribution in [-0.2, 0) is 29.2 Å². The molecule has 0 atom stereocenters. The summed E-state index contributed by atoms with van der Waals surface area (Å²) >= 11 is 11.6. The second kappa shape index (κ2) is 16.2. The smallest absolute Gasteiger partial charge is 0.344 e. The number of hydrogen-bond acceptors (Lipinski definition) is 9. The molecular formula is C22H27Cl2NO9S. The third-order valence-corrected chi connectivity index (χ3v) is 4.32. The van der Waals surface area contributed by atoms with E-state index in [1.54, 1.807) is 48.5 Å². The number of carbonyl (C=O) groups excluding carboxylic acids is 2. The van der Waals surface area contributed by atoms with Gasteiger partial charge in [-0.2, -0.15) is 8.42 Å². The molecule has 0 unspecified atom stereocenters. The van der Waals surface area contributed by atoms with Crippen LogP contribution in [0.2, 0.25) is 10.0 Å². The standard InChI is InChI=1S/C21H23Cl2NO6.CH4O3S/c1-24(10-12-27-20(25)14-29-18-6-2-16(22)3-7-18)11-13-28-21(26)15-30-19-8-4-17(23)5-9-19;1-5(2,3)4/h2-9H,10-15H2,1H3;1H3,(H,2,3,4). The maximum Gasteiger partial charge on any atom is 0.344 e. The molecule has 10 nitrogen and oxygen atoms in total. The number of carbonyl (C=O) groups is 2. The van der Waals surface area contributed by atoms with Crippen molar-refractivity contribution < 1.29 is 41.5 Å². The fourth-order valence-electron chi connectivity index (χ4n) is 2.17. The molecule has 0 heterocycles. The summed E-state index contributed by atoms with van der Waals surface area (Å²) in [6.07, 6.45) is 0.715. The summed E-state index contributed by atoms with van der Waals surface area (Å²) in [6.45, 7) is 1.02. The molecule has 0 spiro atoms. The van der Waals surface area contributed by atoms with E-state index in [0.29, 0.717) is 40.9 Å². The first-order valence-electron chi connectivity index (χ1n) is 10.1. The maximum absolute atomic E-state index is 11.7. The zero-order valence-corrected chi connectivity index (χ0v) is 21.5. The fraction of sp³-hybridized carbons (Fsp3) is 0.364. The van der Waals surface area contributed by atoms with E-state index in [-0.39, 0.29) is 26.4 Å². The highest BCUT2D eigenvalue weighted by Gasteiger charge is 2.08. The molecule has 0 saturated carbocycles. The van der Waals surface area contributed by atoms with Gasteiger partial charge in [-0.1, -0.05) is 23.2 Å². The summed E-state index contributed by atoms with van der Waals surface area (Å²) < 4.78 is 46.7. The summed E-state index contributed by atoms with van der Waals surface area (Å²) in [6, 6.07) is 13.4. The predicted molar refractivity (Wildman–Crippen MR) is 131 cm³/mol. The van der Waals surface area contributed by atoms with Crippen molar-refractivity contribution >= 4 is 45.3 Å². The first-order valence-corrected chi connectivity index (χ1v) is 12.7. The van der Waals surface area contributed by atoms with Crippen molar-refractivity contribution in [1.29, 1.82) is 0 Å². The Hall–Kier alpha value is -2.57. The lowest BCUT2D eigenvalue weighted by molar-refractivity contribution is -0.146. The van der Waals surface area contributed by atoms with E-state index in [9.17, 15) is 18.0 Å². The van der Waals surface area contributed by atoms with Crippen LogP contribution in [0.1, 0.15) is 0 Å². The van der Waals surface area contributed by atoms with Gasteiger partial charge >= 0.3 is 11.9 Å². The third kappa shape index (κ3) is 17.5. The highest BCUT2D eigenvalue weighted by molar-refractivity contribution is 7.85. The zero-order valence-electron chi connectivity index (χ0n) is 19.2. The molecule has 35 heavy (non-hydrogen) atoms. The van der Waals surface area contributed by atoms with Gasteiger partial charge < -0.3 is 18.9 Å². The first-order chi connectivity index (χ1) is 16.4. The molecule has 0 bridgehead atoms. The van der Waals surface area contributed by atoms with E-state index in [4.69, 9.17) is 46.7 Å². The summed E-state index contributed by atoms with van der Waals surface area (Å²) in [5, 5.41) is 1.18. The van der Waals surface area contributed by atoms with Crippen molar-refractivity contribution in [1.82, 2.24) is 4.90 Å². The topological polar surface area (TPSA) is 129 Å². The van der Waals surface area contributed by atoms with Gasteiger partial charge in [-0.05, 0) is 55.6 Å². The van der Waals surface area contributed by atoms with Crippen LogP contribution in [0.5, 0.6) is 11.5 Å². The summed E-state index contributed by atoms with van der Waals surface area (Å²) in [5.74, 6) is 0.138. The van der Waals surface area contributed by atoms with Gasteiger partial charge in [0.05, 0.1) is 6.26 Å². The Labute approximate surface area is 214 Å². The number of esters is 2. The normalized spacial score (nSPS) is 10.7. The molecule has 2 rings (SSSR count). The van der Waals surface area contributed by atoms with Crippen molar-refractivity contribution in [2.24, 2.45) is 0 Å². The van der Waals surface area contributed by atoms with Gasteiger partial charge in [0.1, 0.15) is 24.7 Å². The minimum Gasteiger partial charge on any atom is -0.482 e. The Morgan fingerprint density at radius 1 is 0.800 bits per heavy atom. The molecule has 1 N–H and O–H groups in total. The Morgan fingerprint density at radius 3 is 1.43 bits per heavy atom. The van der Waals surface area contributed by atoms with Crippen LogP contribution in [0.25, 0.3) is 0 Å². The fourth-order valence-corrected chi connectivity index (χ4v) is 2.42. The minimum absolute atomic E-state index is 0.184. The molecule has 194 valence electrons. The van der Waals surface area contributed by atoms with Crippen LogP contribution in [0.3, 0.4) is 0 Å². The molecule has 0 aliphatic heterocycles. The number of nitrogens with zero attached hydrogens (tertiary/aromatic N) is 1. The molecule has 13 heteroatoms. The lowest BCUT2D eigenvalue weighted by atomic mass is 10.3. The Balaban J connectivity index is 0.00000111. The van der Waals surface area contributed by atoms with E-state index in [0.717, 1.165) is 0 Å². The monoisotopic (exact) mass is 551 g/mol. The Bertz CT molecular complexity index is 941. The van der Waals surface area contributed by atoms with Crippen LogP contribution in [0, 0.1) is 0 Å². The molecular weight excluding hydrogens is 525 g/mol. The highest BCUT2D eigenvalue weighted by Crippen LogP contribution is 2.16. The van der Waals surface area contributed by atoms with Crippen LogP contribution in [-0.4, -0.2) is 82.6 Å². The molecule has 0 aromatic heterocycles. The van der Waals surface area contributed by atoms with Crippen molar-refractivity contribution in [2.45, 2.75) is 0 Å². The van der Waals surface area contributed by atoms with Crippen molar-refractivity contribution in [2.75, 3.05) is 52.8 Å². The van der Waals surface area contributed by atoms with Gasteiger partial charge in [0, 0.05) is 23.1 Å². The van der Waals surface area contributed by atoms with Gasteiger partial charge in [0.25, 0.3) is 10.1 Å². The Kier molecular flexibility index (Phi) is 14.1. The molecule has 0 aliphatic carbocycles. The molecule has 0 saturated heterocycles. The Morgan fingerprint density at radius 2 is 1.11 bits per heavy atom. The number of hydrogen-bond donors (Lipinski definition) is 1. The van der Waals surface area contributed by atoms with Crippen LogP contribution < -0.4 is 9.47 Å². The zero-order chi connectivity index (χ0) is 26.3. The van der Waals surface area contributed by atoms with E-state index in [1.807, 2.05) is 11.9 Å². The molecule has 0 aliphatic rings. The molecule has 0 fully saturated rings. The van der Waals surface area contributed by atoms with Gasteiger partial charge in [0.15, 0.2) is 13.2 Å². The van der Waals surface area contributed by atoms with Crippen LogP contribution in [0.15, 0.2) is 48.5 Å². The van der Waals surface area contributed by atoms with Crippen LogP contribution >= 0.6 is 23.2 Å². The van der Waals surface area contributed by atoms with Gasteiger partial charge in [-0.25, -0.2) is 9.59 Å². The van der Waals surface area contributed by atoms with Crippen molar-refractivity contribution in [3.05, 3.63) is 58.6 Å². The highest BCUT2D eigenvalue weighted by atomic mass is 35.5. The number of ether oxygens (including phenoxy) is 4. The summed E-state index contributed by atoms with van der Waals surface area (Å²) in [5.41, 5.74) is 0. The molecule has 0 amide bonds. The average Bonchev–Trinajstić information content (AvgIpc) is 2.77. The second-order valence-electron chi connectivity index (χ2n) is 6.96. The first kappa shape index (κ1) is 30.5. The predicted octanol–water partition coefficient (Wildman–Crippen LogP) is 2.97. The SMILES string of the molecule is CN(CCOC(=O)COc1ccc(Cl)cc1)CCOC(=O)COc1ccc(Cl)cc1.CS(=O)(=O)O. The number of rotatable bonds is 12. The average molecular weight is 552 g/mol. The minimum atomic E-state index is -3.67. The van der Waals surface area contributed by atoms with E-state index in [1.165, 1.54) is 0 Å². The number of benzene rings is 2. The van der Waals surface area contributed by atoms with Crippen LogP contribution in [0.4, 0.5) is 0 Å². The molecule has 2 aromatic carbocycles. The lowest BCUT2D eigenvalue weighted by Crippen LogP contribution is -2.30.